The van der Waals surface area contributed by atoms with E-state index in [-0.39, 0.29) is 27.0 Å². The molecule has 3 aromatic rings. The van der Waals surface area contributed by atoms with Crippen LogP contribution in [0, 0.1) is 18.6 Å². The number of rotatable bonds is 3. The van der Waals surface area contributed by atoms with Gasteiger partial charge >= 0.3 is 5.97 Å². The van der Waals surface area contributed by atoms with Crippen LogP contribution in [0.1, 0.15) is 29.1 Å². The van der Waals surface area contributed by atoms with Crippen molar-refractivity contribution in [2.45, 2.75) is 26.9 Å². The van der Waals surface area contributed by atoms with Gasteiger partial charge in [-0.25, -0.2) is 18.6 Å². The van der Waals surface area contributed by atoms with E-state index in [4.69, 9.17) is 4.74 Å². The minimum absolute atomic E-state index is 0.209. The van der Waals surface area contributed by atoms with Gasteiger partial charge in [0.2, 0.25) is 0 Å². The van der Waals surface area contributed by atoms with Gasteiger partial charge in [-0.3, -0.25) is 4.79 Å². The van der Waals surface area contributed by atoms with E-state index in [1.165, 1.54) is 6.07 Å². The third kappa shape index (κ3) is 3.05. The Hall–Kier alpha value is -2.61. The van der Waals surface area contributed by atoms with Gasteiger partial charge in [-0.15, -0.1) is 11.3 Å². The van der Waals surface area contributed by atoms with Crippen molar-refractivity contribution < 1.29 is 18.3 Å². The molecule has 0 atom stereocenters. The van der Waals surface area contributed by atoms with Crippen molar-refractivity contribution in [3.8, 4) is 11.4 Å². The molecule has 0 bridgehead atoms. The number of H-pyrrole nitrogens is 1. The number of thiophene rings is 1. The van der Waals surface area contributed by atoms with Crippen LogP contribution < -0.4 is 5.56 Å². The number of carbonyl (C=O) groups excluding carboxylic acids is 1. The van der Waals surface area contributed by atoms with Crippen molar-refractivity contribution in [1.29, 1.82) is 0 Å². The summed E-state index contributed by atoms with van der Waals surface area (Å²) in [5.41, 5.74) is -0.557. The Labute approximate surface area is 145 Å². The van der Waals surface area contributed by atoms with Crippen LogP contribution in [0.4, 0.5) is 8.78 Å². The third-order valence-corrected chi connectivity index (χ3v) is 4.69. The van der Waals surface area contributed by atoms with Gasteiger partial charge in [-0.1, -0.05) is 6.07 Å². The number of aromatic nitrogens is 2. The average Bonchev–Trinajstić information content (AvgIpc) is 2.84. The molecule has 0 amide bonds. The predicted octanol–water partition coefficient (Wildman–Crippen LogP) is 3.80. The lowest BCUT2D eigenvalue weighted by atomic mass is 10.1. The van der Waals surface area contributed by atoms with E-state index >= 15 is 0 Å². The molecule has 25 heavy (non-hydrogen) atoms. The molecule has 0 aliphatic carbocycles. The van der Waals surface area contributed by atoms with E-state index in [1.807, 2.05) is 0 Å². The summed E-state index contributed by atoms with van der Waals surface area (Å²) < 4.78 is 33.1. The Morgan fingerprint density at radius 2 is 1.92 bits per heavy atom. The molecule has 0 aliphatic rings. The number of carbonyl (C=O) groups is 1. The summed E-state index contributed by atoms with van der Waals surface area (Å²) in [6.07, 6.45) is -0.313. The summed E-state index contributed by atoms with van der Waals surface area (Å²) in [4.78, 5) is 31.5. The van der Waals surface area contributed by atoms with Gasteiger partial charge in [-0.2, -0.15) is 0 Å². The topological polar surface area (TPSA) is 72.0 Å². The molecule has 8 heteroatoms. The van der Waals surface area contributed by atoms with Crippen LogP contribution in [-0.4, -0.2) is 22.0 Å². The fraction of sp³-hybridized carbons (Fsp3) is 0.235. The molecule has 0 fully saturated rings. The minimum Gasteiger partial charge on any atom is -0.459 e. The van der Waals surface area contributed by atoms with Crippen molar-refractivity contribution in [2.75, 3.05) is 0 Å². The highest BCUT2D eigenvalue weighted by atomic mass is 32.1. The number of nitrogens with one attached hydrogen (secondary N) is 1. The third-order valence-electron chi connectivity index (χ3n) is 3.53. The fourth-order valence-electron chi connectivity index (χ4n) is 2.45. The highest BCUT2D eigenvalue weighted by molar-refractivity contribution is 7.20. The number of aryl methyl sites for hydroxylation is 1. The maximum absolute atomic E-state index is 14.0. The zero-order valence-corrected chi connectivity index (χ0v) is 14.5. The zero-order chi connectivity index (χ0) is 18.3. The van der Waals surface area contributed by atoms with Gasteiger partial charge in [0.25, 0.3) is 5.56 Å². The van der Waals surface area contributed by atoms with E-state index in [0.29, 0.717) is 5.56 Å². The minimum atomic E-state index is -0.838. The van der Waals surface area contributed by atoms with Gasteiger partial charge in [0.05, 0.1) is 17.1 Å². The highest BCUT2D eigenvalue weighted by Crippen LogP contribution is 2.30. The Morgan fingerprint density at radius 1 is 1.28 bits per heavy atom. The Kier molecular flexibility index (Phi) is 4.38. The van der Waals surface area contributed by atoms with Gasteiger partial charge in [0.15, 0.2) is 0 Å². The largest absolute Gasteiger partial charge is 0.459 e. The van der Waals surface area contributed by atoms with E-state index in [9.17, 15) is 18.4 Å². The number of halogens is 2. The predicted molar refractivity (Wildman–Crippen MR) is 90.9 cm³/mol. The summed E-state index contributed by atoms with van der Waals surface area (Å²) in [6, 6.07) is 3.38. The Bertz CT molecular complexity index is 1020. The van der Waals surface area contributed by atoms with Crippen molar-refractivity contribution in [3.05, 3.63) is 50.6 Å². The van der Waals surface area contributed by atoms with Crippen LogP contribution >= 0.6 is 11.3 Å². The first-order valence-corrected chi connectivity index (χ1v) is 8.30. The van der Waals surface area contributed by atoms with Crippen LogP contribution in [0.5, 0.6) is 0 Å². The second kappa shape index (κ2) is 6.36. The molecule has 1 aromatic carbocycles. The lowest BCUT2D eigenvalue weighted by Crippen LogP contribution is -2.12. The zero-order valence-electron chi connectivity index (χ0n) is 13.6. The summed E-state index contributed by atoms with van der Waals surface area (Å²) in [6.45, 7) is 5.03. The second-order valence-electron chi connectivity index (χ2n) is 5.70. The van der Waals surface area contributed by atoms with E-state index in [2.05, 4.69) is 9.97 Å². The van der Waals surface area contributed by atoms with Gasteiger partial charge in [0, 0.05) is 0 Å². The molecular formula is C17H14F2N2O3S. The van der Waals surface area contributed by atoms with Crippen LogP contribution in [0.25, 0.3) is 21.6 Å². The number of aromatic amines is 1. The van der Waals surface area contributed by atoms with Crippen LogP contribution in [-0.2, 0) is 4.74 Å². The maximum atomic E-state index is 14.0. The standard InChI is InChI=1S/C17H14F2N2O3S/c1-7(2)24-17(23)13-8(3)11-15(22)20-14(21-16(11)25-13)12-9(18)5-4-6-10(12)19/h4-7H,1-3H3,(H,20,21,22). The summed E-state index contributed by atoms with van der Waals surface area (Å²) in [7, 11) is 0. The Morgan fingerprint density at radius 3 is 2.52 bits per heavy atom. The highest BCUT2D eigenvalue weighted by Gasteiger charge is 2.22. The molecule has 130 valence electrons. The van der Waals surface area contributed by atoms with Crippen molar-refractivity contribution in [1.82, 2.24) is 9.97 Å². The van der Waals surface area contributed by atoms with Crippen molar-refractivity contribution >= 4 is 27.5 Å². The van der Waals surface area contributed by atoms with E-state index in [0.717, 1.165) is 23.5 Å². The van der Waals surface area contributed by atoms with E-state index < -0.39 is 28.7 Å². The monoisotopic (exact) mass is 364 g/mol. The molecule has 0 radical (unpaired) electrons. The molecule has 1 N–H and O–H groups in total. The molecule has 0 aliphatic heterocycles. The van der Waals surface area contributed by atoms with Gasteiger partial charge < -0.3 is 9.72 Å². The van der Waals surface area contributed by atoms with Crippen LogP contribution in [0.15, 0.2) is 23.0 Å². The molecule has 2 aromatic heterocycles. The summed E-state index contributed by atoms with van der Waals surface area (Å²) in [5, 5.41) is 0.209. The smallest absolute Gasteiger partial charge is 0.348 e. The second-order valence-corrected chi connectivity index (χ2v) is 6.70. The first-order chi connectivity index (χ1) is 11.8. The molecule has 3 rings (SSSR count). The fourth-order valence-corrected chi connectivity index (χ4v) is 3.51. The van der Waals surface area contributed by atoms with E-state index in [1.54, 1.807) is 20.8 Å². The lowest BCUT2D eigenvalue weighted by molar-refractivity contribution is 0.0383. The molecule has 0 saturated heterocycles. The van der Waals surface area contributed by atoms with Crippen LogP contribution in [0.3, 0.4) is 0 Å². The molecule has 5 nitrogen and oxygen atoms in total. The first-order valence-electron chi connectivity index (χ1n) is 7.48. The molecular weight excluding hydrogens is 350 g/mol. The molecule has 2 heterocycles. The van der Waals surface area contributed by atoms with Crippen LogP contribution in [0.2, 0.25) is 0 Å². The average molecular weight is 364 g/mol. The quantitative estimate of drug-likeness (QED) is 0.718. The normalized spacial score (nSPS) is 11.3. The molecule has 0 saturated carbocycles. The van der Waals surface area contributed by atoms with Gasteiger partial charge in [0.1, 0.15) is 27.2 Å². The Balaban J connectivity index is 2.21. The molecule has 0 unspecified atom stereocenters. The summed E-state index contributed by atoms with van der Waals surface area (Å²) in [5.74, 6) is -2.46. The number of benzene rings is 1. The number of esters is 1. The number of hydrogen-bond acceptors (Lipinski definition) is 5. The molecule has 0 spiro atoms. The number of fused-ring (bicyclic) bond motifs is 1. The maximum Gasteiger partial charge on any atom is 0.348 e. The first kappa shape index (κ1) is 17.2. The number of nitrogens with zero attached hydrogens (tertiary/aromatic N) is 1. The number of ether oxygens (including phenoxy) is 1. The van der Waals surface area contributed by atoms with Gasteiger partial charge in [-0.05, 0) is 38.5 Å². The SMILES string of the molecule is Cc1c(C(=O)OC(C)C)sc2nc(-c3c(F)cccc3F)[nH]c(=O)c12. The van der Waals surface area contributed by atoms with Crippen molar-refractivity contribution in [3.63, 3.8) is 0 Å². The van der Waals surface area contributed by atoms with Crippen molar-refractivity contribution in [2.24, 2.45) is 0 Å². The lowest BCUT2D eigenvalue weighted by Gasteiger charge is -2.06. The summed E-state index contributed by atoms with van der Waals surface area (Å²) >= 11 is 0.958. The number of hydrogen-bond donors (Lipinski definition) is 1.